The van der Waals surface area contributed by atoms with Crippen LogP contribution in [0.1, 0.15) is 51.7 Å². The molecule has 0 unspecified atom stereocenters. The van der Waals surface area contributed by atoms with E-state index in [2.05, 4.69) is 63.0 Å². The van der Waals surface area contributed by atoms with Gasteiger partial charge in [0.25, 0.3) is 0 Å². The molecule has 0 aliphatic carbocycles. The maximum absolute atomic E-state index is 3.53. The molecule has 0 heterocycles. The van der Waals surface area contributed by atoms with Gasteiger partial charge in [-0.15, -0.1) is 0 Å². The van der Waals surface area contributed by atoms with Gasteiger partial charge in [0.05, 0.1) is 0 Å². The lowest BCUT2D eigenvalue weighted by molar-refractivity contribution is 0.648. The molecule has 2 heteroatoms. The largest absolute Gasteiger partial charge is 0.369 e. The van der Waals surface area contributed by atoms with Gasteiger partial charge in [-0.05, 0) is 51.8 Å². The molecule has 19 heavy (non-hydrogen) atoms. The maximum Gasteiger partial charge on any atom is 0.0414 e. The standard InChI is InChI=1S/C17H30N2/c1-6-10-18-13-16-12-15(5)8-9-17(16)19(11-7-2)14(3)4/h8-9,12,14,18H,6-7,10-11,13H2,1-5H3. The van der Waals surface area contributed by atoms with Crippen molar-refractivity contribution in [2.45, 2.75) is 60.0 Å². The highest BCUT2D eigenvalue weighted by atomic mass is 15.2. The van der Waals surface area contributed by atoms with Crippen LogP contribution >= 0.6 is 0 Å². The zero-order chi connectivity index (χ0) is 14.3. The van der Waals surface area contributed by atoms with Crippen LogP contribution in [0.15, 0.2) is 18.2 Å². The average molecular weight is 262 g/mol. The Morgan fingerprint density at radius 1 is 1.16 bits per heavy atom. The Balaban J connectivity index is 2.95. The Bertz CT molecular complexity index is 372. The van der Waals surface area contributed by atoms with Gasteiger partial charge in [0.2, 0.25) is 0 Å². The van der Waals surface area contributed by atoms with Crippen molar-refractivity contribution in [3.63, 3.8) is 0 Å². The summed E-state index contributed by atoms with van der Waals surface area (Å²) in [4.78, 5) is 2.52. The van der Waals surface area contributed by atoms with E-state index in [4.69, 9.17) is 0 Å². The summed E-state index contributed by atoms with van der Waals surface area (Å²) in [6.07, 6.45) is 2.37. The quantitative estimate of drug-likeness (QED) is 0.709. The average Bonchev–Trinajstić information content (AvgIpc) is 2.37. The Hall–Kier alpha value is -1.02. The highest BCUT2D eigenvalue weighted by Gasteiger charge is 2.13. The van der Waals surface area contributed by atoms with Crippen LogP contribution < -0.4 is 10.2 Å². The van der Waals surface area contributed by atoms with Crippen LogP contribution in [-0.2, 0) is 6.54 Å². The monoisotopic (exact) mass is 262 g/mol. The van der Waals surface area contributed by atoms with Crippen molar-refractivity contribution >= 4 is 5.69 Å². The molecule has 0 bridgehead atoms. The van der Waals surface area contributed by atoms with Gasteiger partial charge >= 0.3 is 0 Å². The predicted octanol–water partition coefficient (Wildman–Crippen LogP) is 4.12. The summed E-state index contributed by atoms with van der Waals surface area (Å²) in [5.74, 6) is 0. The predicted molar refractivity (Wildman–Crippen MR) is 85.9 cm³/mol. The van der Waals surface area contributed by atoms with E-state index in [1.54, 1.807) is 0 Å². The fraction of sp³-hybridized carbons (Fsp3) is 0.647. The van der Waals surface area contributed by atoms with Crippen LogP contribution in [0.4, 0.5) is 5.69 Å². The van der Waals surface area contributed by atoms with Crippen molar-refractivity contribution in [3.8, 4) is 0 Å². The molecule has 1 aromatic carbocycles. The second-order valence-corrected chi connectivity index (χ2v) is 5.60. The molecule has 0 atom stereocenters. The summed E-state index contributed by atoms with van der Waals surface area (Å²) in [5.41, 5.74) is 4.17. The van der Waals surface area contributed by atoms with Gasteiger partial charge in [-0.25, -0.2) is 0 Å². The SMILES string of the molecule is CCCNCc1cc(C)ccc1N(CCC)C(C)C. The van der Waals surface area contributed by atoms with Crippen molar-refractivity contribution < 1.29 is 0 Å². The lowest BCUT2D eigenvalue weighted by atomic mass is 10.1. The van der Waals surface area contributed by atoms with Crippen molar-refractivity contribution in [1.29, 1.82) is 0 Å². The molecule has 1 N–H and O–H groups in total. The van der Waals surface area contributed by atoms with Crippen LogP contribution in [0.3, 0.4) is 0 Å². The number of hydrogen-bond acceptors (Lipinski definition) is 2. The number of anilines is 1. The molecule has 0 spiro atoms. The summed E-state index contributed by atoms with van der Waals surface area (Å²) >= 11 is 0. The van der Waals surface area contributed by atoms with E-state index < -0.39 is 0 Å². The lowest BCUT2D eigenvalue weighted by Crippen LogP contribution is -2.32. The molecular formula is C17H30N2. The molecule has 0 fully saturated rings. The van der Waals surface area contributed by atoms with E-state index in [1.165, 1.54) is 29.7 Å². The van der Waals surface area contributed by atoms with Gasteiger partial charge < -0.3 is 10.2 Å². The number of aryl methyl sites for hydroxylation is 1. The third-order valence-electron chi connectivity index (χ3n) is 3.37. The first-order chi connectivity index (χ1) is 9.10. The van der Waals surface area contributed by atoms with E-state index in [0.29, 0.717) is 6.04 Å². The Morgan fingerprint density at radius 3 is 2.47 bits per heavy atom. The number of rotatable bonds is 8. The number of nitrogens with zero attached hydrogens (tertiary/aromatic N) is 1. The number of hydrogen-bond donors (Lipinski definition) is 1. The summed E-state index contributed by atoms with van der Waals surface area (Å²) in [6, 6.07) is 7.38. The van der Waals surface area contributed by atoms with Crippen LogP contribution in [0, 0.1) is 6.92 Å². The van der Waals surface area contributed by atoms with Gasteiger partial charge in [-0.2, -0.15) is 0 Å². The second kappa shape index (κ2) is 8.21. The topological polar surface area (TPSA) is 15.3 Å². The van der Waals surface area contributed by atoms with E-state index >= 15 is 0 Å². The molecule has 0 aromatic heterocycles. The fourth-order valence-electron chi connectivity index (χ4n) is 2.43. The van der Waals surface area contributed by atoms with E-state index in [0.717, 1.165) is 19.6 Å². The van der Waals surface area contributed by atoms with Crippen molar-refractivity contribution in [2.75, 3.05) is 18.0 Å². The van der Waals surface area contributed by atoms with Gasteiger partial charge in [0.15, 0.2) is 0 Å². The number of nitrogens with one attached hydrogen (secondary N) is 1. The smallest absolute Gasteiger partial charge is 0.0414 e. The first-order valence-electron chi connectivity index (χ1n) is 7.67. The maximum atomic E-state index is 3.53. The Kier molecular flexibility index (Phi) is 6.93. The molecule has 0 saturated carbocycles. The normalized spacial score (nSPS) is 11.1. The molecule has 108 valence electrons. The lowest BCUT2D eigenvalue weighted by Gasteiger charge is -2.31. The third kappa shape index (κ3) is 4.87. The second-order valence-electron chi connectivity index (χ2n) is 5.60. The van der Waals surface area contributed by atoms with Gasteiger partial charge in [-0.3, -0.25) is 0 Å². The number of benzene rings is 1. The summed E-state index contributed by atoms with van der Waals surface area (Å²) < 4.78 is 0. The minimum absolute atomic E-state index is 0.549. The van der Waals surface area contributed by atoms with Crippen LogP contribution in [0.2, 0.25) is 0 Å². The summed E-state index contributed by atoms with van der Waals surface area (Å²) in [7, 11) is 0. The van der Waals surface area contributed by atoms with E-state index in [-0.39, 0.29) is 0 Å². The third-order valence-corrected chi connectivity index (χ3v) is 3.37. The first kappa shape index (κ1) is 16.0. The fourth-order valence-corrected chi connectivity index (χ4v) is 2.43. The molecule has 1 aromatic rings. The van der Waals surface area contributed by atoms with E-state index in [9.17, 15) is 0 Å². The molecule has 0 amide bonds. The molecule has 0 saturated heterocycles. The Morgan fingerprint density at radius 2 is 1.89 bits per heavy atom. The van der Waals surface area contributed by atoms with Crippen LogP contribution in [0.5, 0.6) is 0 Å². The molecule has 0 aliphatic heterocycles. The van der Waals surface area contributed by atoms with Gasteiger partial charge in [-0.1, -0.05) is 31.5 Å². The van der Waals surface area contributed by atoms with E-state index in [1.807, 2.05) is 0 Å². The highest BCUT2D eigenvalue weighted by Crippen LogP contribution is 2.24. The van der Waals surface area contributed by atoms with Crippen molar-refractivity contribution in [3.05, 3.63) is 29.3 Å². The first-order valence-corrected chi connectivity index (χ1v) is 7.67. The summed E-state index contributed by atoms with van der Waals surface area (Å²) in [6.45, 7) is 14.4. The zero-order valence-electron chi connectivity index (χ0n) is 13.3. The summed E-state index contributed by atoms with van der Waals surface area (Å²) in [5, 5.41) is 3.53. The van der Waals surface area contributed by atoms with Crippen molar-refractivity contribution in [2.24, 2.45) is 0 Å². The minimum atomic E-state index is 0.549. The molecular weight excluding hydrogens is 232 g/mol. The van der Waals surface area contributed by atoms with Gasteiger partial charge in [0.1, 0.15) is 0 Å². The van der Waals surface area contributed by atoms with Crippen LogP contribution in [0.25, 0.3) is 0 Å². The van der Waals surface area contributed by atoms with Gasteiger partial charge in [0, 0.05) is 24.8 Å². The highest BCUT2D eigenvalue weighted by molar-refractivity contribution is 5.55. The Labute approximate surface area is 119 Å². The van der Waals surface area contributed by atoms with Crippen molar-refractivity contribution in [1.82, 2.24) is 5.32 Å². The molecule has 0 radical (unpaired) electrons. The van der Waals surface area contributed by atoms with Crippen LogP contribution in [-0.4, -0.2) is 19.1 Å². The zero-order valence-corrected chi connectivity index (χ0v) is 13.3. The molecule has 0 aliphatic rings. The minimum Gasteiger partial charge on any atom is -0.369 e. The molecule has 2 nitrogen and oxygen atoms in total. The molecule has 1 rings (SSSR count).